The van der Waals surface area contributed by atoms with Crippen LogP contribution in [-0.4, -0.2) is 39.0 Å². The van der Waals surface area contributed by atoms with Gasteiger partial charge < -0.3 is 15.0 Å². The highest BCUT2D eigenvalue weighted by Crippen LogP contribution is 2.32. The molecule has 0 bridgehead atoms. The average molecular weight is 341 g/mol. The predicted octanol–water partition coefficient (Wildman–Crippen LogP) is 1.44. The number of nitrogens with one attached hydrogen (secondary N) is 1. The first-order valence-corrected chi connectivity index (χ1v) is 8.51. The fourth-order valence-corrected chi connectivity index (χ4v) is 3.50. The minimum Gasteiger partial charge on any atom is -0.383 e. The number of aryl methyl sites for hydroxylation is 2. The summed E-state index contributed by atoms with van der Waals surface area (Å²) in [4.78, 5) is 32.2. The van der Waals surface area contributed by atoms with E-state index in [9.17, 15) is 14.7 Å². The Morgan fingerprint density at radius 1 is 1.32 bits per heavy atom. The van der Waals surface area contributed by atoms with Gasteiger partial charge in [-0.3, -0.25) is 4.79 Å². The van der Waals surface area contributed by atoms with E-state index >= 15 is 0 Å². The molecule has 1 atom stereocenters. The first kappa shape index (κ1) is 17.4. The Labute approximate surface area is 146 Å². The Morgan fingerprint density at radius 2 is 2.04 bits per heavy atom. The lowest BCUT2D eigenvalue weighted by atomic mass is 9.93. The first-order valence-electron chi connectivity index (χ1n) is 8.51. The molecule has 0 spiro atoms. The van der Waals surface area contributed by atoms with Gasteiger partial charge >= 0.3 is 5.69 Å². The van der Waals surface area contributed by atoms with Gasteiger partial charge in [0, 0.05) is 24.4 Å². The molecule has 0 aliphatic carbocycles. The summed E-state index contributed by atoms with van der Waals surface area (Å²) in [6.45, 7) is 4.47. The van der Waals surface area contributed by atoms with Crippen LogP contribution in [-0.2, 0) is 16.8 Å². The van der Waals surface area contributed by atoms with E-state index < -0.39 is 5.60 Å². The van der Waals surface area contributed by atoms with Gasteiger partial charge in [0.2, 0.25) is 5.91 Å². The van der Waals surface area contributed by atoms with Crippen LogP contribution in [0.3, 0.4) is 0 Å². The van der Waals surface area contributed by atoms with Crippen LogP contribution >= 0.6 is 0 Å². The van der Waals surface area contributed by atoms with Crippen LogP contribution in [0.5, 0.6) is 0 Å². The van der Waals surface area contributed by atoms with Gasteiger partial charge in [0.25, 0.3) is 0 Å². The Kier molecular flexibility index (Phi) is 4.72. The summed E-state index contributed by atoms with van der Waals surface area (Å²) in [5, 5.41) is 10.8. The van der Waals surface area contributed by atoms with Crippen molar-refractivity contribution in [2.24, 2.45) is 0 Å². The van der Waals surface area contributed by atoms with Crippen LogP contribution < -0.4 is 5.69 Å². The molecule has 1 fully saturated rings. The summed E-state index contributed by atoms with van der Waals surface area (Å²) in [7, 11) is 0. The fraction of sp³-hybridized carbons (Fsp3) is 0.421. The first-order chi connectivity index (χ1) is 11.9. The van der Waals surface area contributed by atoms with E-state index in [0.29, 0.717) is 38.0 Å². The molecule has 6 nitrogen and oxygen atoms in total. The number of benzene rings is 1. The monoisotopic (exact) mass is 341 g/mol. The largest absolute Gasteiger partial charge is 0.383 e. The highest BCUT2D eigenvalue weighted by Gasteiger charge is 2.39. The van der Waals surface area contributed by atoms with Gasteiger partial charge in [0.1, 0.15) is 5.60 Å². The van der Waals surface area contributed by atoms with Crippen molar-refractivity contribution in [3.05, 3.63) is 63.3 Å². The third kappa shape index (κ3) is 3.64. The number of carbonyl (C=O) groups is 1. The van der Waals surface area contributed by atoms with Crippen molar-refractivity contribution in [2.45, 2.75) is 38.7 Å². The molecule has 1 amide bonds. The average Bonchev–Trinajstić information content (AvgIpc) is 2.98. The molecule has 0 saturated carbocycles. The number of amides is 1. The van der Waals surface area contributed by atoms with Gasteiger partial charge in [-0.1, -0.05) is 30.3 Å². The minimum absolute atomic E-state index is 0.0110. The van der Waals surface area contributed by atoms with Crippen molar-refractivity contribution < 1.29 is 9.90 Å². The number of likely N-dealkylation sites (tertiary alicyclic amines) is 1. The molecule has 2 aromatic rings. The molecule has 2 heterocycles. The van der Waals surface area contributed by atoms with E-state index in [1.165, 1.54) is 0 Å². The second-order valence-electron chi connectivity index (χ2n) is 6.69. The standard InChI is InChI=1S/C19H23N3O3/c1-13-16(14(2)21-18(24)20-13)8-9-17(23)22-11-10-19(25,12-22)15-6-4-3-5-7-15/h3-7,25H,8-12H2,1-2H3,(H,20,21,24)/t19-/m0/s1. The maximum Gasteiger partial charge on any atom is 0.345 e. The Bertz CT molecular complexity index is 805. The molecule has 6 heteroatoms. The molecule has 1 aromatic carbocycles. The summed E-state index contributed by atoms with van der Waals surface area (Å²) in [6.07, 6.45) is 1.40. The number of carbonyl (C=O) groups excluding carboxylic acids is 1. The smallest absolute Gasteiger partial charge is 0.345 e. The van der Waals surface area contributed by atoms with Gasteiger partial charge in [-0.15, -0.1) is 0 Å². The lowest BCUT2D eigenvalue weighted by Crippen LogP contribution is -2.34. The van der Waals surface area contributed by atoms with E-state index in [0.717, 1.165) is 16.8 Å². The lowest BCUT2D eigenvalue weighted by Gasteiger charge is -2.24. The SMILES string of the molecule is Cc1nc(=O)[nH]c(C)c1CCC(=O)N1CC[C@@](O)(c2ccccc2)C1. The van der Waals surface area contributed by atoms with Crippen molar-refractivity contribution in [3.8, 4) is 0 Å². The molecule has 25 heavy (non-hydrogen) atoms. The Hall–Kier alpha value is -2.47. The summed E-state index contributed by atoms with van der Waals surface area (Å²) in [5.41, 5.74) is 1.84. The summed E-state index contributed by atoms with van der Waals surface area (Å²) in [5.74, 6) is 0.0110. The number of β-amino-alcohol motifs (C(OH)–C–C–N with tert-alkyl or cyclic N) is 1. The predicted molar refractivity (Wildman–Crippen MR) is 94.2 cm³/mol. The van der Waals surface area contributed by atoms with Crippen LogP contribution in [0, 0.1) is 13.8 Å². The van der Waals surface area contributed by atoms with E-state index in [1.807, 2.05) is 37.3 Å². The van der Waals surface area contributed by atoms with Gasteiger partial charge in [-0.05, 0) is 37.8 Å². The van der Waals surface area contributed by atoms with E-state index in [4.69, 9.17) is 0 Å². The number of rotatable bonds is 4. The lowest BCUT2D eigenvalue weighted by molar-refractivity contribution is -0.131. The maximum absolute atomic E-state index is 12.5. The molecular formula is C19H23N3O3. The number of hydrogen-bond acceptors (Lipinski definition) is 4. The molecule has 132 valence electrons. The van der Waals surface area contributed by atoms with Crippen molar-refractivity contribution in [1.82, 2.24) is 14.9 Å². The van der Waals surface area contributed by atoms with Crippen LogP contribution in [0.4, 0.5) is 0 Å². The number of aromatic amines is 1. The van der Waals surface area contributed by atoms with Crippen LogP contribution in [0.25, 0.3) is 0 Å². The van der Waals surface area contributed by atoms with Crippen LogP contribution in [0.15, 0.2) is 35.1 Å². The normalized spacial score (nSPS) is 20.0. The number of nitrogens with zero attached hydrogens (tertiary/aromatic N) is 2. The summed E-state index contributed by atoms with van der Waals surface area (Å²) < 4.78 is 0. The Morgan fingerprint density at radius 3 is 2.72 bits per heavy atom. The number of hydrogen-bond donors (Lipinski definition) is 2. The third-order valence-electron chi connectivity index (χ3n) is 4.95. The molecule has 1 saturated heterocycles. The van der Waals surface area contributed by atoms with Crippen molar-refractivity contribution >= 4 is 5.91 Å². The van der Waals surface area contributed by atoms with Gasteiger partial charge in [-0.25, -0.2) is 4.79 Å². The molecular weight excluding hydrogens is 318 g/mol. The van der Waals surface area contributed by atoms with Gasteiger partial charge in [0.05, 0.1) is 6.54 Å². The zero-order valence-electron chi connectivity index (χ0n) is 14.6. The highest BCUT2D eigenvalue weighted by atomic mass is 16.3. The number of aliphatic hydroxyl groups is 1. The van der Waals surface area contributed by atoms with Crippen molar-refractivity contribution in [1.29, 1.82) is 0 Å². The number of aromatic nitrogens is 2. The quantitative estimate of drug-likeness (QED) is 0.881. The van der Waals surface area contributed by atoms with E-state index in [1.54, 1.807) is 11.8 Å². The minimum atomic E-state index is -0.970. The number of H-pyrrole nitrogens is 1. The molecule has 2 N–H and O–H groups in total. The highest BCUT2D eigenvalue weighted by molar-refractivity contribution is 5.77. The summed E-state index contributed by atoms with van der Waals surface area (Å²) >= 11 is 0. The molecule has 0 unspecified atom stereocenters. The topological polar surface area (TPSA) is 86.3 Å². The molecule has 3 rings (SSSR count). The zero-order chi connectivity index (χ0) is 18.0. The molecule has 1 aliphatic rings. The summed E-state index contributed by atoms with van der Waals surface area (Å²) in [6, 6.07) is 9.49. The Balaban J connectivity index is 1.65. The fourth-order valence-electron chi connectivity index (χ4n) is 3.50. The van der Waals surface area contributed by atoms with Crippen LogP contribution in [0.2, 0.25) is 0 Å². The zero-order valence-corrected chi connectivity index (χ0v) is 14.6. The van der Waals surface area contributed by atoms with Gasteiger partial charge in [-0.2, -0.15) is 4.98 Å². The molecule has 1 aromatic heterocycles. The second kappa shape index (κ2) is 6.80. The van der Waals surface area contributed by atoms with Gasteiger partial charge in [0.15, 0.2) is 0 Å². The molecule has 0 radical (unpaired) electrons. The second-order valence-corrected chi connectivity index (χ2v) is 6.69. The molecule has 1 aliphatic heterocycles. The van der Waals surface area contributed by atoms with Crippen molar-refractivity contribution in [2.75, 3.05) is 13.1 Å². The van der Waals surface area contributed by atoms with Crippen molar-refractivity contribution in [3.63, 3.8) is 0 Å². The maximum atomic E-state index is 12.5. The van der Waals surface area contributed by atoms with Crippen LogP contribution in [0.1, 0.15) is 35.4 Å². The van der Waals surface area contributed by atoms with E-state index in [-0.39, 0.29) is 11.6 Å². The van der Waals surface area contributed by atoms with E-state index in [2.05, 4.69) is 9.97 Å². The third-order valence-corrected chi connectivity index (χ3v) is 4.95.